The van der Waals surface area contributed by atoms with Crippen LogP contribution in [0.5, 0.6) is 0 Å². The molecular weight excluding hydrogens is 584 g/mol. The third-order valence-corrected chi connectivity index (χ3v) is 17.8. The fraction of sp³-hybridized carbons (Fsp3) is 0.600. The highest BCUT2D eigenvalue weighted by Crippen LogP contribution is 2.49. The number of hydrogen-bond donors (Lipinski definition) is 0. The summed E-state index contributed by atoms with van der Waals surface area (Å²) in [6, 6.07) is -9.14. The molecule has 1 aromatic rings. The van der Waals surface area contributed by atoms with Gasteiger partial charge in [0.15, 0.2) is 0 Å². The Labute approximate surface area is 207 Å². The number of benzene rings is 1. The van der Waals surface area contributed by atoms with Crippen LogP contribution in [0.1, 0.15) is 70.8 Å². The van der Waals surface area contributed by atoms with Crippen molar-refractivity contribution in [3.05, 3.63) is 33.4 Å². The predicted octanol–water partition coefficient (Wildman–Crippen LogP) is 9.51. The Morgan fingerprint density at radius 1 is 0.444 bits per heavy atom. The second-order valence-electron chi connectivity index (χ2n) is 6.91. The van der Waals surface area contributed by atoms with E-state index < -0.39 is 18.0 Å². The van der Waals surface area contributed by atoms with E-state index in [1.807, 2.05) is 41.5 Å². The zero-order valence-electron chi connectivity index (χ0n) is 15.6. The van der Waals surface area contributed by atoms with Crippen molar-refractivity contribution in [3.8, 4) is 0 Å². The maximum atomic E-state index is 6.38. The lowest BCUT2D eigenvalue weighted by Gasteiger charge is -2.33. The van der Waals surface area contributed by atoms with Crippen LogP contribution in [0.2, 0.25) is 0 Å². The van der Waals surface area contributed by atoms with E-state index in [4.69, 9.17) is 99.7 Å². The largest absolute Gasteiger partial charge is 0.348 e. The molecule has 0 aromatic heterocycles. The lowest BCUT2D eigenvalue weighted by atomic mass is 9.84. The summed E-state index contributed by atoms with van der Waals surface area (Å²) in [5.74, 6) is 0. The summed E-state index contributed by atoms with van der Waals surface area (Å²) in [5, 5.41) is 0. The van der Waals surface area contributed by atoms with E-state index in [0.717, 1.165) is 33.4 Å². The molecule has 12 heteroatoms. The fourth-order valence-electron chi connectivity index (χ4n) is 3.72. The van der Waals surface area contributed by atoms with Gasteiger partial charge in [0.25, 0.3) is 0 Å². The van der Waals surface area contributed by atoms with E-state index in [9.17, 15) is 0 Å². The van der Waals surface area contributed by atoms with Crippen molar-refractivity contribution in [2.24, 2.45) is 0 Å². The molecule has 0 saturated heterocycles. The summed E-state index contributed by atoms with van der Waals surface area (Å²) in [6.45, 7) is 11.8. The minimum atomic E-state index is -3.05. The van der Waals surface area contributed by atoms with Crippen LogP contribution in [-0.2, 0) is 0 Å². The van der Waals surface area contributed by atoms with Crippen molar-refractivity contribution in [2.75, 3.05) is 0 Å². The standard InChI is InChI=1S/C15H21Cl9Si3/c1-7-13(10(4)25(16,17)18)8(2)15(12(6)27(22,23)24)9(3)14(7)11(5)26(19,20)21/h10-12H,1-6H3. The molecule has 0 spiro atoms. The third kappa shape index (κ3) is 6.26. The van der Waals surface area contributed by atoms with Gasteiger partial charge in [-0.15, -0.1) is 99.7 Å². The van der Waals surface area contributed by atoms with Gasteiger partial charge in [-0.05, 0) is 54.2 Å². The topological polar surface area (TPSA) is 0 Å². The van der Waals surface area contributed by atoms with Crippen LogP contribution in [0, 0.1) is 20.8 Å². The van der Waals surface area contributed by atoms with Crippen molar-refractivity contribution < 1.29 is 0 Å². The first kappa shape index (κ1) is 27.5. The molecule has 0 bridgehead atoms. The molecule has 0 amide bonds. The second kappa shape index (κ2) is 9.54. The van der Waals surface area contributed by atoms with Gasteiger partial charge in [0, 0.05) is 16.6 Å². The molecule has 3 unspecified atom stereocenters. The molecule has 156 valence electrons. The predicted molar refractivity (Wildman–Crippen MR) is 136 cm³/mol. The van der Waals surface area contributed by atoms with Crippen molar-refractivity contribution in [3.63, 3.8) is 0 Å². The maximum absolute atomic E-state index is 6.38. The summed E-state index contributed by atoms with van der Waals surface area (Å²) in [4.78, 5) is 0. The highest BCUT2D eigenvalue weighted by molar-refractivity contribution is 7.66. The lowest BCUT2D eigenvalue weighted by Crippen LogP contribution is -2.29. The molecule has 0 aliphatic heterocycles. The Balaban J connectivity index is 4.02. The molecule has 0 N–H and O–H groups in total. The molecule has 1 rings (SSSR count). The van der Waals surface area contributed by atoms with E-state index >= 15 is 0 Å². The molecule has 0 heterocycles. The minimum Gasteiger partial charge on any atom is -0.125 e. The van der Waals surface area contributed by atoms with E-state index in [-0.39, 0.29) is 16.6 Å². The lowest BCUT2D eigenvalue weighted by molar-refractivity contribution is 0.911. The van der Waals surface area contributed by atoms with Crippen LogP contribution in [0.25, 0.3) is 0 Å². The quantitative estimate of drug-likeness (QED) is 0.224. The first-order valence-corrected chi connectivity index (χ1v) is 23.5. The van der Waals surface area contributed by atoms with Gasteiger partial charge in [-0.2, -0.15) is 0 Å². The Kier molecular flexibility index (Phi) is 9.72. The summed E-state index contributed by atoms with van der Waals surface area (Å²) >= 11 is 57.4. The van der Waals surface area contributed by atoms with Crippen LogP contribution in [0.4, 0.5) is 0 Å². The normalized spacial score (nSPS) is 17.0. The molecule has 0 aliphatic carbocycles. The molecule has 27 heavy (non-hydrogen) atoms. The first-order valence-electron chi connectivity index (χ1n) is 8.16. The van der Waals surface area contributed by atoms with Crippen LogP contribution in [-0.4, -0.2) is 18.0 Å². The van der Waals surface area contributed by atoms with E-state index in [0.29, 0.717) is 0 Å². The monoisotopic (exact) mass is 600 g/mol. The molecule has 0 saturated carbocycles. The fourth-order valence-corrected chi connectivity index (χ4v) is 8.95. The van der Waals surface area contributed by atoms with E-state index in [2.05, 4.69) is 0 Å². The van der Waals surface area contributed by atoms with Crippen molar-refractivity contribution in [1.29, 1.82) is 0 Å². The molecular formula is C15H21Cl9Si3. The average Bonchev–Trinajstić information content (AvgIpc) is 2.43. The Morgan fingerprint density at radius 3 is 0.704 bits per heavy atom. The Hall–Kier alpha value is 2.48. The van der Waals surface area contributed by atoms with Crippen LogP contribution in [0.3, 0.4) is 0 Å². The van der Waals surface area contributed by atoms with Crippen molar-refractivity contribution in [1.82, 2.24) is 0 Å². The summed E-state index contributed by atoms with van der Waals surface area (Å²) in [6.07, 6.45) is 0. The van der Waals surface area contributed by atoms with Gasteiger partial charge in [0.1, 0.15) is 0 Å². The summed E-state index contributed by atoms with van der Waals surface area (Å²) < 4.78 is 0. The molecule has 1 aromatic carbocycles. The highest BCUT2D eigenvalue weighted by atomic mass is 35.9. The Bertz CT molecular complexity index is 588. The van der Waals surface area contributed by atoms with Gasteiger partial charge >= 0.3 is 18.0 Å². The summed E-state index contributed by atoms with van der Waals surface area (Å²) in [5.41, 5.74) is 5.09. The molecule has 0 fully saturated rings. The highest BCUT2D eigenvalue weighted by Gasteiger charge is 2.43. The number of halogens is 9. The van der Waals surface area contributed by atoms with Gasteiger partial charge in [-0.3, -0.25) is 0 Å². The maximum Gasteiger partial charge on any atom is 0.348 e. The zero-order valence-corrected chi connectivity index (χ0v) is 25.4. The Morgan fingerprint density at radius 2 is 0.593 bits per heavy atom. The average molecular weight is 605 g/mol. The van der Waals surface area contributed by atoms with Crippen LogP contribution >= 0.6 is 99.7 Å². The smallest absolute Gasteiger partial charge is 0.125 e. The number of rotatable bonds is 6. The molecule has 0 radical (unpaired) electrons. The van der Waals surface area contributed by atoms with E-state index in [1.54, 1.807) is 0 Å². The number of hydrogen-bond acceptors (Lipinski definition) is 0. The first-order chi connectivity index (χ1) is 11.8. The van der Waals surface area contributed by atoms with E-state index in [1.165, 1.54) is 0 Å². The summed E-state index contributed by atoms with van der Waals surface area (Å²) in [7, 11) is 0. The second-order valence-corrected chi connectivity index (χ2v) is 34.1. The SMILES string of the molecule is Cc1c(C(C)[Si](Cl)(Cl)Cl)c(C)c(C(C)[Si](Cl)(Cl)Cl)c(C)c1C(C)[Si](Cl)(Cl)Cl. The third-order valence-electron chi connectivity index (χ3n) is 5.20. The zero-order chi connectivity index (χ0) is 21.7. The molecule has 3 atom stereocenters. The van der Waals surface area contributed by atoms with Crippen LogP contribution < -0.4 is 0 Å². The molecule has 0 nitrogen and oxygen atoms in total. The van der Waals surface area contributed by atoms with Gasteiger partial charge in [0.05, 0.1) is 0 Å². The van der Waals surface area contributed by atoms with Crippen molar-refractivity contribution in [2.45, 2.75) is 58.2 Å². The van der Waals surface area contributed by atoms with Crippen molar-refractivity contribution >= 4 is 118 Å². The van der Waals surface area contributed by atoms with Gasteiger partial charge in [-0.1, -0.05) is 20.8 Å². The molecule has 0 aliphatic rings. The van der Waals surface area contributed by atoms with Gasteiger partial charge < -0.3 is 0 Å². The minimum absolute atomic E-state index is 0.255. The van der Waals surface area contributed by atoms with Gasteiger partial charge in [-0.25, -0.2) is 0 Å². The van der Waals surface area contributed by atoms with Gasteiger partial charge in [0.2, 0.25) is 0 Å². The van der Waals surface area contributed by atoms with Crippen LogP contribution in [0.15, 0.2) is 0 Å².